The first-order valence-electron chi connectivity index (χ1n) is 9.20. The maximum absolute atomic E-state index is 2.39. The minimum atomic E-state index is 0. The zero-order valence-electron chi connectivity index (χ0n) is 16.6. The van der Waals surface area contributed by atoms with E-state index in [4.69, 9.17) is 0 Å². The summed E-state index contributed by atoms with van der Waals surface area (Å²) in [6.45, 7) is 27.7. The van der Waals surface area contributed by atoms with E-state index in [0.29, 0.717) is 0 Å². The van der Waals surface area contributed by atoms with E-state index in [1.165, 1.54) is 26.1 Å². The fourth-order valence-electron chi connectivity index (χ4n) is 2.72. The molecule has 1 heteroatoms. The summed E-state index contributed by atoms with van der Waals surface area (Å²) >= 11 is 0. The van der Waals surface area contributed by atoms with Gasteiger partial charge in [-0.15, -0.1) is 0 Å². The van der Waals surface area contributed by atoms with Gasteiger partial charge in [0.1, 0.15) is 0 Å². The summed E-state index contributed by atoms with van der Waals surface area (Å²) in [6, 6.07) is 0. The molecule has 0 amide bonds. The van der Waals surface area contributed by atoms with Crippen LogP contribution in [0.4, 0.5) is 0 Å². The van der Waals surface area contributed by atoms with Crippen LogP contribution in [0.15, 0.2) is 0 Å². The summed E-state index contributed by atoms with van der Waals surface area (Å²) in [5, 5.41) is 0. The van der Waals surface area contributed by atoms with Crippen molar-refractivity contribution < 1.29 is 0 Å². The molecule has 1 saturated carbocycles. The lowest BCUT2D eigenvalue weighted by Gasteiger charge is -2.14. The molecule has 0 saturated heterocycles. The van der Waals surface area contributed by atoms with Crippen molar-refractivity contribution in [3.05, 3.63) is 0 Å². The van der Waals surface area contributed by atoms with Gasteiger partial charge in [0, 0.05) is 0 Å². The molecule has 0 unspecified atom stereocenters. The Kier molecular flexibility index (Phi) is 35.4. The van der Waals surface area contributed by atoms with Gasteiger partial charge in [0.25, 0.3) is 0 Å². The van der Waals surface area contributed by atoms with Gasteiger partial charge in [-0.25, -0.2) is 0 Å². The normalized spacial score (nSPS) is 25.1. The smallest absolute Gasteiger partial charge is 0.00474 e. The van der Waals surface area contributed by atoms with Crippen molar-refractivity contribution in [3.63, 3.8) is 0 Å². The van der Waals surface area contributed by atoms with Crippen molar-refractivity contribution in [1.82, 2.24) is 4.90 Å². The minimum Gasteiger partial charge on any atom is -0.304 e. The molecule has 4 atom stereocenters. The number of hydrogen-bond acceptors (Lipinski definition) is 1. The second-order valence-corrected chi connectivity index (χ2v) is 5.53. The SMILES string of the molecule is C.C.CC.CC.CCN(CC)CC.C[C@@H]1[C@H](C)[C@H](C)C[C@@H]1C. The van der Waals surface area contributed by atoms with Crippen LogP contribution in [0, 0.1) is 23.7 Å². The lowest BCUT2D eigenvalue weighted by Crippen LogP contribution is -2.21. The van der Waals surface area contributed by atoms with Crippen LogP contribution in [0.25, 0.3) is 0 Å². The quantitative estimate of drug-likeness (QED) is 0.517. The summed E-state index contributed by atoms with van der Waals surface area (Å²) in [5.74, 6) is 3.85. The van der Waals surface area contributed by atoms with Crippen LogP contribution in [-0.4, -0.2) is 24.5 Å². The molecule has 142 valence electrons. The van der Waals surface area contributed by atoms with E-state index >= 15 is 0 Å². The van der Waals surface area contributed by atoms with E-state index in [1.54, 1.807) is 0 Å². The van der Waals surface area contributed by atoms with E-state index in [0.717, 1.165) is 23.7 Å². The molecule has 22 heavy (non-hydrogen) atoms. The van der Waals surface area contributed by atoms with Crippen LogP contribution in [0.2, 0.25) is 0 Å². The molecule has 1 aliphatic carbocycles. The zero-order chi connectivity index (χ0) is 16.7. The number of nitrogens with zero attached hydrogens (tertiary/aromatic N) is 1. The van der Waals surface area contributed by atoms with Crippen molar-refractivity contribution >= 4 is 0 Å². The van der Waals surface area contributed by atoms with Gasteiger partial charge in [-0.05, 0) is 49.7 Å². The van der Waals surface area contributed by atoms with Gasteiger partial charge in [0.05, 0.1) is 0 Å². The lowest BCUT2D eigenvalue weighted by molar-refractivity contribution is 0.321. The summed E-state index contributed by atoms with van der Waals surface area (Å²) in [5.41, 5.74) is 0. The van der Waals surface area contributed by atoms with Crippen LogP contribution in [0.5, 0.6) is 0 Å². The molecule has 1 rings (SSSR count). The highest BCUT2D eigenvalue weighted by atomic mass is 15.1. The molecule has 1 nitrogen and oxygen atoms in total. The van der Waals surface area contributed by atoms with Gasteiger partial charge in [-0.3, -0.25) is 0 Å². The molecule has 1 fully saturated rings. The van der Waals surface area contributed by atoms with Gasteiger partial charge >= 0.3 is 0 Å². The standard InChI is InChI=1S/C9H18.C6H15N.2C2H6.2CH4/c1-6-5-7(2)9(4)8(6)3;1-4-7(5-2)6-3;2*1-2;;/h6-9H,5H2,1-4H3;4-6H2,1-3H3;2*1-2H3;2*1H4/t6-,7+,8-,9+;;;;;. The number of rotatable bonds is 3. The molecule has 0 spiro atoms. The summed E-state index contributed by atoms with van der Waals surface area (Å²) in [6.07, 6.45) is 1.45. The molecule has 1 aliphatic rings. The first-order chi connectivity index (χ1) is 9.47. The van der Waals surface area contributed by atoms with Crippen molar-refractivity contribution in [3.8, 4) is 0 Å². The van der Waals surface area contributed by atoms with Gasteiger partial charge in [-0.2, -0.15) is 0 Å². The Bertz CT molecular complexity index is 146. The molecule has 0 aromatic carbocycles. The molecular weight excluding hydrogens is 266 g/mol. The average Bonchev–Trinajstić information content (AvgIpc) is 2.72. The van der Waals surface area contributed by atoms with Crippen LogP contribution in [-0.2, 0) is 0 Å². The highest BCUT2D eigenvalue weighted by Crippen LogP contribution is 2.40. The van der Waals surface area contributed by atoms with Crippen LogP contribution >= 0.6 is 0 Å². The molecule has 0 aliphatic heterocycles. The molecule has 0 aromatic heterocycles. The van der Waals surface area contributed by atoms with Crippen LogP contribution < -0.4 is 0 Å². The van der Waals surface area contributed by atoms with Gasteiger partial charge in [0.2, 0.25) is 0 Å². The fraction of sp³-hybridized carbons (Fsp3) is 1.00. The number of hydrogen-bond donors (Lipinski definition) is 0. The Labute approximate surface area is 146 Å². The first kappa shape index (κ1) is 33.5. The highest BCUT2D eigenvalue weighted by molar-refractivity contribution is 4.81. The predicted molar refractivity (Wildman–Crippen MR) is 111 cm³/mol. The third-order valence-electron chi connectivity index (χ3n) is 4.71. The first-order valence-corrected chi connectivity index (χ1v) is 9.20. The molecule has 0 bridgehead atoms. The Hall–Kier alpha value is -0.0400. The third kappa shape index (κ3) is 14.9. The van der Waals surface area contributed by atoms with Gasteiger partial charge in [0.15, 0.2) is 0 Å². The van der Waals surface area contributed by atoms with E-state index in [9.17, 15) is 0 Å². The van der Waals surface area contributed by atoms with E-state index in [1.807, 2.05) is 27.7 Å². The molecule has 0 aromatic rings. The largest absolute Gasteiger partial charge is 0.304 e. The monoisotopic (exact) mass is 319 g/mol. The van der Waals surface area contributed by atoms with Crippen molar-refractivity contribution in [1.29, 1.82) is 0 Å². The predicted octanol–water partition coefficient (Wildman–Crippen LogP) is 7.61. The molecular formula is C21H53N. The summed E-state index contributed by atoms with van der Waals surface area (Å²) in [4.78, 5) is 2.38. The van der Waals surface area contributed by atoms with E-state index in [-0.39, 0.29) is 14.9 Å². The van der Waals surface area contributed by atoms with Crippen LogP contribution in [0.3, 0.4) is 0 Å². The van der Waals surface area contributed by atoms with Crippen molar-refractivity contribution in [2.45, 2.75) is 97.4 Å². The Balaban J connectivity index is -0.0000000676. The van der Waals surface area contributed by atoms with E-state index < -0.39 is 0 Å². The summed E-state index contributed by atoms with van der Waals surface area (Å²) in [7, 11) is 0. The van der Waals surface area contributed by atoms with Crippen molar-refractivity contribution in [2.24, 2.45) is 23.7 Å². The maximum Gasteiger partial charge on any atom is -0.00474 e. The van der Waals surface area contributed by atoms with Gasteiger partial charge in [-0.1, -0.05) is 91.0 Å². The highest BCUT2D eigenvalue weighted by Gasteiger charge is 2.31. The van der Waals surface area contributed by atoms with Crippen LogP contribution in [0.1, 0.15) is 97.4 Å². The van der Waals surface area contributed by atoms with E-state index in [2.05, 4.69) is 53.4 Å². The Morgan fingerprint density at radius 1 is 0.636 bits per heavy atom. The third-order valence-corrected chi connectivity index (χ3v) is 4.71. The second kappa shape index (κ2) is 23.2. The van der Waals surface area contributed by atoms with Gasteiger partial charge < -0.3 is 4.90 Å². The second-order valence-electron chi connectivity index (χ2n) is 5.53. The maximum atomic E-state index is 2.39. The molecule has 0 radical (unpaired) electrons. The van der Waals surface area contributed by atoms with Crippen molar-refractivity contribution in [2.75, 3.05) is 19.6 Å². The summed E-state index contributed by atoms with van der Waals surface area (Å²) < 4.78 is 0. The Morgan fingerprint density at radius 2 is 0.864 bits per heavy atom. The lowest BCUT2D eigenvalue weighted by atomic mass is 9.92. The molecule has 0 heterocycles. The fourth-order valence-corrected chi connectivity index (χ4v) is 2.72. The minimum absolute atomic E-state index is 0. The zero-order valence-corrected chi connectivity index (χ0v) is 16.6. The average molecular weight is 320 g/mol. The molecule has 0 N–H and O–H groups in total. The topological polar surface area (TPSA) is 3.24 Å². The Morgan fingerprint density at radius 3 is 0.909 bits per heavy atom.